The molecular formula is C9H15N3O. The van der Waals surface area contributed by atoms with Crippen LogP contribution in [0.1, 0.15) is 12.8 Å². The zero-order chi connectivity index (χ0) is 9.10. The van der Waals surface area contributed by atoms with E-state index in [2.05, 4.69) is 5.10 Å². The first kappa shape index (κ1) is 8.72. The van der Waals surface area contributed by atoms with E-state index in [1.165, 1.54) is 0 Å². The van der Waals surface area contributed by atoms with Crippen molar-refractivity contribution in [3.05, 3.63) is 18.5 Å². The maximum atomic E-state index is 5.70. The van der Waals surface area contributed by atoms with Crippen molar-refractivity contribution in [2.45, 2.75) is 31.6 Å². The molecule has 1 aromatic heterocycles. The fraction of sp³-hybridized carbons (Fsp3) is 0.667. The Morgan fingerprint density at radius 1 is 1.46 bits per heavy atom. The van der Waals surface area contributed by atoms with Crippen LogP contribution >= 0.6 is 0 Å². The lowest BCUT2D eigenvalue weighted by molar-refractivity contribution is 0.0386. The monoisotopic (exact) mass is 181 g/mol. The molecule has 1 aliphatic heterocycles. The molecule has 4 nitrogen and oxygen atoms in total. The zero-order valence-electron chi connectivity index (χ0n) is 7.60. The van der Waals surface area contributed by atoms with Crippen molar-refractivity contribution >= 4 is 0 Å². The van der Waals surface area contributed by atoms with Gasteiger partial charge in [0.15, 0.2) is 0 Å². The molecule has 0 amide bonds. The van der Waals surface area contributed by atoms with E-state index in [4.69, 9.17) is 10.5 Å². The van der Waals surface area contributed by atoms with Crippen LogP contribution in [0.15, 0.2) is 18.5 Å². The predicted octanol–water partition coefficient (Wildman–Crippen LogP) is 0.389. The molecule has 1 aromatic rings. The molecule has 1 fully saturated rings. The van der Waals surface area contributed by atoms with Gasteiger partial charge in [-0.15, -0.1) is 0 Å². The Hall–Kier alpha value is -0.870. The fourth-order valence-electron chi connectivity index (χ4n) is 1.70. The Balaban J connectivity index is 1.84. The van der Waals surface area contributed by atoms with Crippen LogP contribution in [0.3, 0.4) is 0 Å². The molecule has 2 atom stereocenters. The largest absolute Gasteiger partial charge is 0.372 e. The molecule has 72 valence electrons. The highest BCUT2D eigenvalue weighted by Gasteiger charge is 2.24. The molecule has 1 saturated heterocycles. The van der Waals surface area contributed by atoms with Gasteiger partial charge in [0.05, 0.1) is 18.8 Å². The molecule has 0 radical (unpaired) electrons. The van der Waals surface area contributed by atoms with E-state index in [9.17, 15) is 0 Å². The third kappa shape index (κ3) is 2.08. The minimum atomic E-state index is 0.264. The van der Waals surface area contributed by atoms with Gasteiger partial charge in [-0.25, -0.2) is 0 Å². The predicted molar refractivity (Wildman–Crippen MR) is 49.2 cm³/mol. The SMILES string of the molecule is NCC1CCC(Cn2cccn2)O1. The molecule has 2 heterocycles. The van der Waals surface area contributed by atoms with Gasteiger partial charge in [-0.1, -0.05) is 0 Å². The van der Waals surface area contributed by atoms with Crippen molar-refractivity contribution in [1.29, 1.82) is 0 Å². The molecule has 0 spiro atoms. The van der Waals surface area contributed by atoms with Gasteiger partial charge in [-0.2, -0.15) is 5.10 Å². The standard InChI is InChI=1S/C9H15N3O/c10-6-8-2-3-9(13-8)7-12-5-1-4-11-12/h1,4-5,8-9H,2-3,6-7,10H2. The Labute approximate surface area is 77.7 Å². The van der Waals surface area contributed by atoms with Gasteiger partial charge in [-0.3, -0.25) is 4.68 Å². The number of nitrogens with two attached hydrogens (primary N) is 1. The van der Waals surface area contributed by atoms with Crippen LogP contribution in [-0.2, 0) is 11.3 Å². The highest BCUT2D eigenvalue weighted by Crippen LogP contribution is 2.19. The van der Waals surface area contributed by atoms with Crippen LogP contribution < -0.4 is 5.73 Å². The Morgan fingerprint density at radius 3 is 2.92 bits per heavy atom. The molecule has 13 heavy (non-hydrogen) atoms. The molecule has 2 N–H and O–H groups in total. The summed E-state index contributed by atoms with van der Waals surface area (Å²) < 4.78 is 7.60. The summed E-state index contributed by atoms with van der Waals surface area (Å²) in [4.78, 5) is 0. The van der Waals surface area contributed by atoms with Gasteiger partial charge in [-0.05, 0) is 18.9 Å². The van der Waals surface area contributed by atoms with E-state index < -0.39 is 0 Å². The highest BCUT2D eigenvalue weighted by molar-refractivity contribution is 4.80. The molecule has 2 rings (SSSR count). The van der Waals surface area contributed by atoms with Crippen molar-refractivity contribution in [3.63, 3.8) is 0 Å². The Morgan fingerprint density at radius 2 is 2.31 bits per heavy atom. The van der Waals surface area contributed by atoms with E-state index in [1.54, 1.807) is 6.20 Å². The van der Waals surface area contributed by atoms with Crippen LogP contribution in [0.25, 0.3) is 0 Å². The second kappa shape index (κ2) is 3.89. The van der Waals surface area contributed by atoms with E-state index in [-0.39, 0.29) is 6.10 Å². The molecule has 0 saturated carbocycles. The van der Waals surface area contributed by atoms with Crippen molar-refractivity contribution in [3.8, 4) is 0 Å². The molecule has 0 bridgehead atoms. The minimum absolute atomic E-state index is 0.264. The van der Waals surface area contributed by atoms with Gasteiger partial charge in [0.2, 0.25) is 0 Å². The number of ether oxygens (including phenoxy) is 1. The zero-order valence-corrected chi connectivity index (χ0v) is 7.60. The number of nitrogens with zero attached hydrogens (tertiary/aromatic N) is 2. The van der Waals surface area contributed by atoms with Crippen LogP contribution in [0.5, 0.6) is 0 Å². The highest BCUT2D eigenvalue weighted by atomic mass is 16.5. The van der Waals surface area contributed by atoms with Crippen molar-refractivity contribution < 1.29 is 4.74 Å². The van der Waals surface area contributed by atoms with Crippen molar-refractivity contribution in [2.75, 3.05) is 6.54 Å². The van der Waals surface area contributed by atoms with E-state index in [0.717, 1.165) is 19.4 Å². The summed E-state index contributed by atoms with van der Waals surface area (Å²) in [6, 6.07) is 1.93. The van der Waals surface area contributed by atoms with E-state index >= 15 is 0 Å². The van der Waals surface area contributed by atoms with Gasteiger partial charge in [0, 0.05) is 18.9 Å². The molecule has 2 unspecified atom stereocenters. The third-order valence-electron chi connectivity index (χ3n) is 2.41. The lowest BCUT2D eigenvalue weighted by Gasteiger charge is -2.11. The van der Waals surface area contributed by atoms with Crippen molar-refractivity contribution in [2.24, 2.45) is 5.73 Å². The van der Waals surface area contributed by atoms with E-state index in [0.29, 0.717) is 12.6 Å². The summed E-state index contributed by atoms with van der Waals surface area (Å²) in [5, 5.41) is 4.14. The Kier molecular flexibility index (Phi) is 2.61. The minimum Gasteiger partial charge on any atom is -0.372 e. The third-order valence-corrected chi connectivity index (χ3v) is 2.41. The van der Waals surface area contributed by atoms with Gasteiger partial charge in [0.25, 0.3) is 0 Å². The lowest BCUT2D eigenvalue weighted by atomic mass is 10.2. The van der Waals surface area contributed by atoms with Gasteiger partial charge >= 0.3 is 0 Å². The first-order valence-corrected chi connectivity index (χ1v) is 4.71. The quantitative estimate of drug-likeness (QED) is 0.734. The topological polar surface area (TPSA) is 53.1 Å². The first-order chi connectivity index (χ1) is 6.38. The summed E-state index contributed by atoms with van der Waals surface area (Å²) >= 11 is 0. The molecule has 0 aromatic carbocycles. The normalized spacial score (nSPS) is 28.1. The number of aromatic nitrogens is 2. The first-order valence-electron chi connectivity index (χ1n) is 4.71. The Bertz CT molecular complexity index is 247. The lowest BCUT2D eigenvalue weighted by Crippen LogP contribution is -2.22. The van der Waals surface area contributed by atoms with Crippen LogP contribution in [-0.4, -0.2) is 28.5 Å². The number of rotatable bonds is 3. The van der Waals surface area contributed by atoms with Gasteiger partial charge in [0.1, 0.15) is 0 Å². The average molecular weight is 181 g/mol. The number of hydrogen-bond acceptors (Lipinski definition) is 3. The smallest absolute Gasteiger partial charge is 0.0776 e. The van der Waals surface area contributed by atoms with E-state index in [1.807, 2.05) is 16.9 Å². The van der Waals surface area contributed by atoms with Crippen LogP contribution in [0.4, 0.5) is 0 Å². The van der Waals surface area contributed by atoms with Gasteiger partial charge < -0.3 is 10.5 Å². The molecule has 0 aliphatic carbocycles. The average Bonchev–Trinajstić information content (AvgIpc) is 2.76. The fourth-order valence-corrected chi connectivity index (χ4v) is 1.70. The van der Waals surface area contributed by atoms with Crippen LogP contribution in [0, 0.1) is 0 Å². The van der Waals surface area contributed by atoms with Crippen molar-refractivity contribution in [1.82, 2.24) is 9.78 Å². The second-order valence-electron chi connectivity index (χ2n) is 3.42. The maximum Gasteiger partial charge on any atom is 0.0776 e. The summed E-state index contributed by atoms with van der Waals surface area (Å²) in [6.45, 7) is 1.49. The summed E-state index contributed by atoms with van der Waals surface area (Å²) in [7, 11) is 0. The molecular weight excluding hydrogens is 166 g/mol. The summed E-state index contributed by atoms with van der Waals surface area (Å²) in [6.07, 6.45) is 6.49. The van der Waals surface area contributed by atoms with Crippen LogP contribution in [0.2, 0.25) is 0 Å². The summed E-state index contributed by atoms with van der Waals surface area (Å²) in [5.41, 5.74) is 5.52. The molecule has 1 aliphatic rings. The second-order valence-corrected chi connectivity index (χ2v) is 3.42. The molecule has 4 heteroatoms. The summed E-state index contributed by atoms with van der Waals surface area (Å²) in [5.74, 6) is 0. The maximum absolute atomic E-state index is 5.70. The number of hydrogen-bond donors (Lipinski definition) is 1.